The summed E-state index contributed by atoms with van der Waals surface area (Å²) in [7, 11) is 0. The predicted molar refractivity (Wildman–Crippen MR) is 81.1 cm³/mol. The maximum absolute atomic E-state index is 13.7. The van der Waals surface area contributed by atoms with Gasteiger partial charge in [-0.25, -0.2) is 4.39 Å². The molecule has 4 nitrogen and oxygen atoms in total. The van der Waals surface area contributed by atoms with Crippen molar-refractivity contribution in [2.45, 2.75) is 45.1 Å². The number of benzene rings is 1. The predicted octanol–water partition coefficient (Wildman–Crippen LogP) is 3.09. The van der Waals surface area contributed by atoms with Gasteiger partial charge in [0, 0.05) is 24.2 Å². The second-order valence-corrected chi connectivity index (χ2v) is 5.31. The van der Waals surface area contributed by atoms with E-state index in [4.69, 9.17) is 4.74 Å². The third-order valence-corrected chi connectivity index (χ3v) is 3.65. The zero-order chi connectivity index (χ0) is 15.1. The smallest absolute Gasteiger partial charge is 0.224 e. The van der Waals surface area contributed by atoms with Gasteiger partial charge >= 0.3 is 0 Å². The Kier molecular flexibility index (Phi) is 5.99. The summed E-state index contributed by atoms with van der Waals surface area (Å²) in [4.78, 5) is 11.9. The molecule has 116 valence electrons. The van der Waals surface area contributed by atoms with Gasteiger partial charge in [-0.05, 0) is 44.9 Å². The second kappa shape index (κ2) is 7.98. The maximum atomic E-state index is 13.7. The first-order chi connectivity index (χ1) is 10.2. The van der Waals surface area contributed by atoms with E-state index in [0.29, 0.717) is 24.8 Å². The van der Waals surface area contributed by atoms with E-state index in [1.807, 2.05) is 0 Å². The lowest BCUT2D eigenvalue weighted by atomic mass is 10.0. The first kappa shape index (κ1) is 15.8. The maximum Gasteiger partial charge on any atom is 0.224 e. The molecule has 1 aliphatic rings. The highest BCUT2D eigenvalue weighted by atomic mass is 19.1. The molecule has 21 heavy (non-hydrogen) atoms. The number of carbonyl (C=O) groups is 1. The Bertz CT molecular complexity index is 473. The van der Waals surface area contributed by atoms with Gasteiger partial charge in [-0.2, -0.15) is 0 Å². The molecule has 1 fully saturated rings. The lowest BCUT2D eigenvalue weighted by Gasteiger charge is -2.23. The van der Waals surface area contributed by atoms with E-state index in [2.05, 4.69) is 10.6 Å². The van der Waals surface area contributed by atoms with E-state index in [1.54, 1.807) is 13.0 Å². The van der Waals surface area contributed by atoms with Crippen molar-refractivity contribution in [3.05, 3.63) is 24.0 Å². The third-order valence-electron chi connectivity index (χ3n) is 3.65. The molecule has 1 unspecified atom stereocenters. The number of hydrogen-bond acceptors (Lipinski definition) is 3. The number of piperidine rings is 1. The molecule has 2 rings (SSSR count). The first-order valence-electron chi connectivity index (χ1n) is 7.64. The summed E-state index contributed by atoms with van der Waals surface area (Å²) in [6, 6.07) is 4.92. The van der Waals surface area contributed by atoms with Crippen molar-refractivity contribution in [3.8, 4) is 5.75 Å². The quantitative estimate of drug-likeness (QED) is 0.847. The minimum atomic E-state index is -0.455. The molecule has 1 aromatic carbocycles. The highest BCUT2D eigenvalue weighted by molar-refractivity contribution is 5.90. The third kappa shape index (κ3) is 5.01. The molecular weight excluding hydrogens is 271 g/mol. The van der Waals surface area contributed by atoms with Crippen LogP contribution in [-0.2, 0) is 4.79 Å². The number of amides is 1. The Balaban J connectivity index is 1.80. The van der Waals surface area contributed by atoms with Crippen LogP contribution in [0.3, 0.4) is 0 Å². The molecule has 0 aliphatic carbocycles. The molecule has 0 radical (unpaired) electrons. The number of rotatable bonds is 6. The molecule has 1 atom stereocenters. The van der Waals surface area contributed by atoms with E-state index in [9.17, 15) is 9.18 Å². The van der Waals surface area contributed by atoms with Crippen molar-refractivity contribution < 1.29 is 13.9 Å². The van der Waals surface area contributed by atoms with Crippen molar-refractivity contribution in [3.63, 3.8) is 0 Å². The summed E-state index contributed by atoms with van der Waals surface area (Å²) in [6.45, 7) is 3.25. The summed E-state index contributed by atoms with van der Waals surface area (Å²) < 4.78 is 18.8. The van der Waals surface area contributed by atoms with E-state index in [0.717, 1.165) is 19.4 Å². The van der Waals surface area contributed by atoms with Crippen LogP contribution in [0, 0.1) is 5.82 Å². The summed E-state index contributed by atoms with van der Waals surface area (Å²) in [6.07, 6.45) is 4.85. The van der Waals surface area contributed by atoms with Gasteiger partial charge in [-0.15, -0.1) is 0 Å². The number of nitrogens with one attached hydrogen (secondary N) is 2. The zero-order valence-corrected chi connectivity index (χ0v) is 12.5. The second-order valence-electron chi connectivity index (χ2n) is 5.31. The van der Waals surface area contributed by atoms with Gasteiger partial charge in [0.15, 0.2) is 11.6 Å². The number of anilines is 1. The average Bonchev–Trinajstić information content (AvgIpc) is 2.49. The van der Waals surface area contributed by atoms with Crippen LogP contribution < -0.4 is 15.4 Å². The van der Waals surface area contributed by atoms with Crippen molar-refractivity contribution in [2.75, 3.05) is 18.5 Å². The van der Waals surface area contributed by atoms with Gasteiger partial charge in [-0.1, -0.05) is 6.42 Å². The fraction of sp³-hybridized carbons (Fsp3) is 0.562. The topological polar surface area (TPSA) is 50.4 Å². The molecular formula is C16H23FN2O2. The molecule has 1 saturated heterocycles. The highest BCUT2D eigenvalue weighted by Gasteiger charge is 2.14. The Morgan fingerprint density at radius 2 is 2.33 bits per heavy atom. The minimum absolute atomic E-state index is 0.0778. The Morgan fingerprint density at radius 3 is 3.00 bits per heavy atom. The van der Waals surface area contributed by atoms with Crippen LogP contribution in [0.5, 0.6) is 5.75 Å². The van der Waals surface area contributed by atoms with Gasteiger partial charge in [0.2, 0.25) is 5.91 Å². The van der Waals surface area contributed by atoms with Crippen LogP contribution in [-0.4, -0.2) is 25.1 Å². The molecule has 1 aliphatic heterocycles. The van der Waals surface area contributed by atoms with E-state index >= 15 is 0 Å². The lowest BCUT2D eigenvalue weighted by Crippen LogP contribution is -2.34. The van der Waals surface area contributed by atoms with Crippen LogP contribution in [0.25, 0.3) is 0 Å². The minimum Gasteiger partial charge on any atom is -0.491 e. The molecule has 1 aromatic rings. The number of ether oxygens (including phenoxy) is 1. The van der Waals surface area contributed by atoms with Gasteiger partial charge in [-0.3, -0.25) is 4.79 Å². The molecule has 0 bridgehead atoms. The normalized spacial score (nSPS) is 18.3. The van der Waals surface area contributed by atoms with Crippen LogP contribution >= 0.6 is 0 Å². The molecule has 0 spiro atoms. The average molecular weight is 294 g/mol. The Labute approximate surface area is 125 Å². The number of hydrogen-bond donors (Lipinski definition) is 2. The van der Waals surface area contributed by atoms with Crippen molar-refractivity contribution >= 4 is 11.6 Å². The van der Waals surface area contributed by atoms with Crippen molar-refractivity contribution in [1.29, 1.82) is 0 Å². The largest absolute Gasteiger partial charge is 0.491 e. The highest BCUT2D eigenvalue weighted by Crippen LogP contribution is 2.21. The summed E-state index contributed by atoms with van der Waals surface area (Å²) >= 11 is 0. The zero-order valence-electron chi connectivity index (χ0n) is 12.5. The lowest BCUT2D eigenvalue weighted by molar-refractivity contribution is -0.116. The molecule has 0 saturated carbocycles. The first-order valence-corrected chi connectivity index (χ1v) is 7.64. The van der Waals surface area contributed by atoms with E-state index in [1.165, 1.54) is 25.0 Å². The molecule has 1 heterocycles. The standard InChI is InChI=1S/C16H23FN2O2/c1-2-21-15-8-6-13(11-14(15)17)19-16(20)9-7-12-5-3-4-10-18-12/h6,8,11-12,18H,2-5,7,9-10H2,1H3,(H,19,20). The summed E-state index contributed by atoms with van der Waals surface area (Å²) in [5.74, 6) is -0.323. The van der Waals surface area contributed by atoms with Gasteiger partial charge in [0.05, 0.1) is 6.61 Å². The number of carbonyl (C=O) groups excluding carboxylic acids is 1. The van der Waals surface area contributed by atoms with Gasteiger partial charge in [0.25, 0.3) is 0 Å². The fourth-order valence-corrected chi connectivity index (χ4v) is 2.55. The molecule has 2 N–H and O–H groups in total. The fourth-order valence-electron chi connectivity index (χ4n) is 2.55. The Hall–Kier alpha value is -1.62. The van der Waals surface area contributed by atoms with E-state index < -0.39 is 5.82 Å². The van der Waals surface area contributed by atoms with Crippen LogP contribution in [0.2, 0.25) is 0 Å². The monoisotopic (exact) mass is 294 g/mol. The van der Waals surface area contributed by atoms with Crippen molar-refractivity contribution in [2.24, 2.45) is 0 Å². The molecule has 5 heteroatoms. The summed E-state index contributed by atoms with van der Waals surface area (Å²) in [5, 5.41) is 6.14. The SMILES string of the molecule is CCOc1ccc(NC(=O)CCC2CCCCN2)cc1F. The van der Waals surface area contributed by atoms with Crippen molar-refractivity contribution in [1.82, 2.24) is 5.32 Å². The van der Waals surface area contributed by atoms with Crippen LogP contribution in [0.15, 0.2) is 18.2 Å². The van der Waals surface area contributed by atoms with E-state index in [-0.39, 0.29) is 11.7 Å². The van der Waals surface area contributed by atoms with Gasteiger partial charge in [0.1, 0.15) is 0 Å². The van der Waals surface area contributed by atoms with Gasteiger partial charge < -0.3 is 15.4 Å². The molecule has 0 aromatic heterocycles. The Morgan fingerprint density at radius 1 is 1.48 bits per heavy atom. The molecule has 1 amide bonds. The summed E-state index contributed by atoms with van der Waals surface area (Å²) in [5.41, 5.74) is 0.470. The number of halogens is 1. The van der Waals surface area contributed by atoms with Crippen LogP contribution in [0.1, 0.15) is 39.0 Å². The van der Waals surface area contributed by atoms with Crippen LogP contribution in [0.4, 0.5) is 10.1 Å².